The van der Waals surface area contributed by atoms with Gasteiger partial charge in [0.05, 0.1) is 0 Å². The second-order valence-corrected chi connectivity index (χ2v) is 6.95. The number of nitrogens with one attached hydrogen (secondary N) is 1. The number of thiophene rings is 1. The summed E-state index contributed by atoms with van der Waals surface area (Å²) in [5.74, 6) is -0.392. The quantitative estimate of drug-likeness (QED) is 0.907. The molecular formula is C12H14N2O4S2. The number of furan rings is 1. The molecule has 20 heavy (non-hydrogen) atoms. The normalized spacial score (nSPS) is 11.5. The first-order chi connectivity index (χ1) is 9.40. The molecule has 2 aromatic rings. The Morgan fingerprint density at radius 3 is 2.70 bits per heavy atom. The maximum atomic E-state index is 12.0. The lowest BCUT2D eigenvalue weighted by atomic mass is 10.4. The van der Waals surface area contributed by atoms with E-state index in [2.05, 4.69) is 4.72 Å². The molecule has 8 heteroatoms. The van der Waals surface area contributed by atoms with Crippen LogP contribution in [0, 0.1) is 0 Å². The van der Waals surface area contributed by atoms with E-state index in [9.17, 15) is 13.2 Å². The SMILES string of the molecule is CN(C)C(=O)c1ccc(S(=O)(=O)NCc2cccs2)o1. The molecule has 0 spiro atoms. The van der Waals surface area contributed by atoms with Gasteiger partial charge in [0.15, 0.2) is 5.76 Å². The van der Waals surface area contributed by atoms with Gasteiger partial charge < -0.3 is 9.32 Å². The van der Waals surface area contributed by atoms with Crippen molar-refractivity contribution in [3.8, 4) is 0 Å². The third-order valence-corrected chi connectivity index (χ3v) is 4.63. The van der Waals surface area contributed by atoms with Crippen LogP contribution in [0.4, 0.5) is 0 Å². The molecule has 6 nitrogen and oxygen atoms in total. The Bertz CT molecular complexity index is 687. The number of rotatable bonds is 5. The lowest BCUT2D eigenvalue weighted by molar-refractivity contribution is 0.0791. The lowest BCUT2D eigenvalue weighted by Gasteiger charge is -2.07. The smallest absolute Gasteiger partial charge is 0.289 e. The predicted molar refractivity (Wildman–Crippen MR) is 75.1 cm³/mol. The molecule has 2 rings (SSSR count). The molecule has 0 atom stereocenters. The molecule has 0 aromatic carbocycles. The van der Waals surface area contributed by atoms with Crippen molar-refractivity contribution in [1.29, 1.82) is 0 Å². The number of amides is 1. The molecule has 2 heterocycles. The Morgan fingerprint density at radius 1 is 1.35 bits per heavy atom. The van der Waals surface area contributed by atoms with Crippen LogP contribution in [0.1, 0.15) is 15.4 Å². The molecular weight excluding hydrogens is 300 g/mol. The van der Waals surface area contributed by atoms with Gasteiger partial charge in [-0.15, -0.1) is 11.3 Å². The van der Waals surface area contributed by atoms with Gasteiger partial charge in [-0.3, -0.25) is 4.79 Å². The fourth-order valence-corrected chi connectivity index (χ4v) is 3.12. The first-order valence-electron chi connectivity index (χ1n) is 5.73. The molecule has 108 valence electrons. The van der Waals surface area contributed by atoms with Crippen molar-refractivity contribution in [3.63, 3.8) is 0 Å². The summed E-state index contributed by atoms with van der Waals surface area (Å²) in [4.78, 5) is 13.9. The molecule has 2 aromatic heterocycles. The van der Waals surface area contributed by atoms with Gasteiger partial charge in [-0.05, 0) is 23.6 Å². The summed E-state index contributed by atoms with van der Waals surface area (Å²) in [7, 11) is -0.628. The highest BCUT2D eigenvalue weighted by atomic mass is 32.2. The zero-order chi connectivity index (χ0) is 14.8. The van der Waals surface area contributed by atoms with E-state index in [0.717, 1.165) is 4.88 Å². The fraction of sp³-hybridized carbons (Fsp3) is 0.250. The summed E-state index contributed by atoms with van der Waals surface area (Å²) in [5, 5.41) is 1.60. The summed E-state index contributed by atoms with van der Waals surface area (Å²) in [5.41, 5.74) is 0. The first kappa shape index (κ1) is 14.8. The van der Waals surface area contributed by atoms with E-state index in [1.54, 1.807) is 14.1 Å². The topological polar surface area (TPSA) is 79.6 Å². The number of nitrogens with zero attached hydrogens (tertiary/aromatic N) is 1. The summed E-state index contributed by atoms with van der Waals surface area (Å²) in [6.07, 6.45) is 0. The summed E-state index contributed by atoms with van der Waals surface area (Å²) in [6, 6.07) is 6.29. The largest absolute Gasteiger partial charge is 0.438 e. The molecule has 1 amide bonds. The monoisotopic (exact) mass is 314 g/mol. The molecule has 1 N–H and O–H groups in total. The third-order valence-electron chi connectivity index (χ3n) is 2.48. The van der Waals surface area contributed by atoms with Gasteiger partial charge >= 0.3 is 0 Å². The molecule has 0 radical (unpaired) electrons. The molecule has 0 aliphatic heterocycles. The summed E-state index contributed by atoms with van der Waals surface area (Å²) < 4.78 is 31.5. The molecule has 0 bridgehead atoms. The van der Waals surface area contributed by atoms with Crippen LogP contribution < -0.4 is 4.72 Å². The van der Waals surface area contributed by atoms with Crippen molar-refractivity contribution in [2.45, 2.75) is 11.6 Å². The van der Waals surface area contributed by atoms with Crippen molar-refractivity contribution < 1.29 is 17.6 Å². The average molecular weight is 314 g/mol. The first-order valence-corrected chi connectivity index (χ1v) is 8.10. The van der Waals surface area contributed by atoms with E-state index < -0.39 is 10.0 Å². The average Bonchev–Trinajstić information content (AvgIpc) is 3.07. The minimum Gasteiger partial charge on any atom is -0.438 e. The lowest BCUT2D eigenvalue weighted by Crippen LogP contribution is -2.23. The Labute approximate surface area is 121 Å². The number of carbonyl (C=O) groups excluding carboxylic acids is 1. The third kappa shape index (κ3) is 3.27. The highest BCUT2D eigenvalue weighted by Crippen LogP contribution is 2.16. The van der Waals surface area contributed by atoms with Crippen molar-refractivity contribution in [3.05, 3.63) is 40.3 Å². The summed E-state index contributed by atoms with van der Waals surface area (Å²) in [6.45, 7) is 0.192. The van der Waals surface area contributed by atoms with Crippen molar-refractivity contribution in [2.24, 2.45) is 0 Å². The second-order valence-electron chi connectivity index (χ2n) is 4.22. The maximum absolute atomic E-state index is 12.0. The van der Waals surface area contributed by atoms with Gasteiger partial charge in [0, 0.05) is 25.5 Å². The van der Waals surface area contributed by atoms with Crippen molar-refractivity contribution >= 4 is 27.3 Å². The van der Waals surface area contributed by atoms with Gasteiger partial charge in [-0.25, -0.2) is 13.1 Å². The highest BCUT2D eigenvalue weighted by Gasteiger charge is 2.21. The Balaban J connectivity index is 2.12. The minimum atomic E-state index is -3.76. The van der Waals surface area contributed by atoms with Crippen LogP contribution in [0.3, 0.4) is 0 Å². The van der Waals surface area contributed by atoms with E-state index in [0.29, 0.717) is 0 Å². The summed E-state index contributed by atoms with van der Waals surface area (Å²) >= 11 is 1.45. The molecule has 0 fully saturated rings. The Morgan fingerprint density at radius 2 is 2.10 bits per heavy atom. The van der Waals surface area contributed by atoms with E-state index in [-0.39, 0.29) is 23.3 Å². The van der Waals surface area contributed by atoms with E-state index in [1.165, 1.54) is 28.4 Å². The molecule has 0 aliphatic carbocycles. The predicted octanol–water partition coefficient (Wildman–Crippen LogP) is 1.52. The van der Waals surface area contributed by atoms with E-state index >= 15 is 0 Å². The van der Waals surface area contributed by atoms with Crippen LogP contribution in [0.25, 0.3) is 0 Å². The van der Waals surface area contributed by atoms with Gasteiger partial charge in [-0.2, -0.15) is 0 Å². The standard InChI is InChI=1S/C12H14N2O4S2/c1-14(2)12(15)10-5-6-11(18-10)20(16,17)13-8-9-4-3-7-19-9/h3-7,13H,8H2,1-2H3. The van der Waals surface area contributed by atoms with Crippen LogP contribution in [0.15, 0.2) is 39.2 Å². The van der Waals surface area contributed by atoms with Crippen LogP contribution in [-0.4, -0.2) is 33.3 Å². The van der Waals surface area contributed by atoms with Gasteiger partial charge in [0.1, 0.15) is 0 Å². The molecule has 0 saturated carbocycles. The van der Waals surface area contributed by atoms with Crippen molar-refractivity contribution in [2.75, 3.05) is 14.1 Å². The van der Waals surface area contributed by atoms with Crippen LogP contribution in [0.5, 0.6) is 0 Å². The zero-order valence-electron chi connectivity index (χ0n) is 11.0. The molecule has 0 aliphatic rings. The Kier molecular flexibility index (Phi) is 4.26. The highest BCUT2D eigenvalue weighted by molar-refractivity contribution is 7.89. The number of sulfonamides is 1. The van der Waals surface area contributed by atoms with Crippen LogP contribution in [-0.2, 0) is 16.6 Å². The number of hydrogen-bond donors (Lipinski definition) is 1. The van der Waals surface area contributed by atoms with E-state index in [1.807, 2.05) is 17.5 Å². The molecule has 0 saturated heterocycles. The Hall–Kier alpha value is -1.64. The van der Waals surface area contributed by atoms with Crippen LogP contribution in [0.2, 0.25) is 0 Å². The van der Waals surface area contributed by atoms with Gasteiger partial charge in [0.25, 0.3) is 15.9 Å². The molecule has 0 unspecified atom stereocenters. The van der Waals surface area contributed by atoms with Crippen molar-refractivity contribution in [1.82, 2.24) is 9.62 Å². The number of hydrogen-bond acceptors (Lipinski definition) is 5. The maximum Gasteiger partial charge on any atom is 0.289 e. The van der Waals surface area contributed by atoms with Crippen LogP contribution >= 0.6 is 11.3 Å². The van der Waals surface area contributed by atoms with Gasteiger partial charge in [0.2, 0.25) is 5.09 Å². The second kappa shape index (κ2) is 5.78. The fourth-order valence-electron chi connectivity index (χ4n) is 1.45. The van der Waals surface area contributed by atoms with E-state index in [4.69, 9.17) is 4.42 Å². The number of carbonyl (C=O) groups is 1. The van der Waals surface area contributed by atoms with Gasteiger partial charge in [-0.1, -0.05) is 6.07 Å². The minimum absolute atomic E-state index is 0.00787. The zero-order valence-corrected chi connectivity index (χ0v) is 12.6.